The molecule has 47 heavy (non-hydrogen) atoms. The number of carbonyl (C=O) groups excluding carboxylic acids is 1. The van der Waals surface area contributed by atoms with Crippen LogP contribution >= 0.6 is 11.9 Å². The van der Waals surface area contributed by atoms with E-state index < -0.39 is 29.3 Å². The first-order chi connectivity index (χ1) is 22.1. The summed E-state index contributed by atoms with van der Waals surface area (Å²) in [4.78, 5) is 20.9. The average molecular weight is 674 g/mol. The van der Waals surface area contributed by atoms with E-state index in [1.54, 1.807) is 49.2 Å². The minimum Gasteiger partial charge on any atom is -0.491 e. The van der Waals surface area contributed by atoms with E-state index in [1.807, 2.05) is 36.6 Å². The summed E-state index contributed by atoms with van der Waals surface area (Å²) in [6.45, 7) is 8.79. The number of carbonyl (C=O) groups is 1. The van der Waals surface area contributed by atoms with Gasteiger partial charge < -0.3 is 29.7 Å². The highest BCUT2D eigenvalue weighted by Gasteiger charge is 2.36. The number of benzene rings is 2. The van der Waals surface area contributed by atoms with Gasteiger partial charge in [0.15, 0.2) is 0 Å². The van der Waals surface area contributed by atoms with Crippen LogP contribution < -0.4 is 24.6 Å². The molecule has 2 aromatic carbocycles. The van der Waals surface area contributed by atoms with Gasteiger partial charge in [-0.1, -0.05) is 57.2 Å². The molecular formula is C35H46F3N5O3S. The van der Waals surface area contributed by atoms with E-state index in [2.05, 4.69) is 36.3 Å². The van der Waals surface area contributed by atoms with Crippen molar-refractivity contribution in [2.45, 2.75) is 63.7 Å². The van der Waals surface area contributed by atoms with Gasteiger partial charge in [0.2, 0.25) is 0 Å². The van der Waals surface area contributed by atoms with Crippen molar-refractivity contribution in [3.05, 3.63) is 83.4 Å². The summed E-state index contributed by atoms with van der Waals surface area (Å²) in [5.41, 5.74) is -1.49. The summed E-state index contributed by atoms with van der Waals surface area (Å²) < 4.78 is 47.6. The largest absolute Gasteiger partial charge is 0.491 e. The van der Waals surface area contributed by atoms with Gasteiger partial charge in [0.05, 0.1) is 17.2 Å². The topological polar surface area (TPSA) is 90.0 Å². The second-order valence-corrected chi connectivity index (χ2v) is 14.6. The first-order valence-corrected chi connectivity index (χ1v) is 16.7. The van der Waals surface area contributed by atoms with E-state index in [-0.39, 0.29) is 19.7 Å². The predicted molar refractivity (Wildman–Crippen MR) is 183 cm³/mol. The second-order valence-electron chi connectivity index (χ2n) is 12.9. The van der Waals surface area contributed by atoms with Gasteiger partial charge in [-0.25, -0.2) is 4.98 Å². The van der Waals surface area contributed by atoms with Crippen molar-refractivity contribution < 1.29 is 27.8 Å². The van der Waals surface area contributed by atoms with Gasteiger partial charge in [0.1, 0.15) is 24.0 Å². The number of pyridine rings is 1. The van der Waals surface area contributed by atoms with Gasteiger partial charge in [-0.2, -0.15) is 13.2 Å². The number of ether oxygens (including phenoxy) is 1. The maximum absolute atomic E-state index is 13.9. The molecule has 0 aliphatic heterocycles. The number of aliphatic hydroxyl groups is 1. The lowest BCUT2D eigenvalue weighted by Gasteiger charge is -2.34. The van der Waals surface area contributed by atoms with Crippen LogP contribution in [0, 0.1) is 11.8 Å². The van der Waals surface area contributed by atoms with Crippen LogP contribution in [0.15, 0.2) is 66.7 Å². The van der Waals surface area contributed by atoms with Crippen LogP contribution in [0.2, 0.25) is 0 Å². The molecule has 3 N–H and O–H groups in total. The van der Waals surface area contributed by atoms with E-state index in [4.69, 9.17) is 9.72 Å². The molecule has 8 nitrogen and oxygen atoms in total. The fourth-order valence-corrected chi connectivity index (χ4v) is 6.05. The zero-order valence-corrected chi connectivity index (χ0v) is 28.7. The Kier molecular flexibility index (Phi) is 12.1. The highest BCUT2D eigenvalue weighted by atomic mass is 32.2. The summed E-state index contributed by atoms with van der Waals surface area (Å²) in [6, 6.07) is 16.7. The molecule has 256 valence electrons. The molecule has 0 bridgehead atoms. The molecule has 4 rings (SSSR count). The van der Waals surface area contributed by atoms with Crippen molar-refractivity contribution in [2.24, 2.45) is 11.8 Å². The SMILES string of the molecule is CC(C)SN(C)c1cc(C(=O)N[C@@H](COc2ccccc2)C(C)(O)CNCc2cccc(C(F)(F)F)c2)cc(N(C)C[C@H]2C[C@@H]2C)n1. The van der Waals surface area contributed by atoms with Crippen molar-refractivity contribution in [3.8, 4) is 5.75 Å². The number of nitrogens with one attached hydrogen (secondary N) is 2. The normalized spacial score (nSPS) is 17.9. The molecule has 0 saturated heterocycles. The molecule has 1 fully saturated rings. The number of hydrogen-bond donors (Lipinski definition) is 3. The van der Waals surface area contributed by atoms with Crippen LogP contribution in [0.3, 0.4) is 0 Å². The summed E-state index contributed by atoms with van der Waals surface area (Å²) in [5, 5.41) is 18.0. The molecule has 1 amide bonds. The van der Waals surface area contributed by atoms with Crippen LogP contribution in [-0.2, 0) is 12.7 Å². The van der Waals surface area contributed by atoms with Crippen LogP contribution in [0.1, 0.15) is 55.6 Å². The number of alkyl halides is 3. The highest BCUT2D eigenvalue weighted by Crippen LogP contribution is 2.39. The Hall–Kier alpha value is -3.48. The number of anilines is 2. The molecule has 0 spiro atoms. The van der Waals surface area contributed by atoms with Crippen LogP contribution in [-0.4, -0.2) is 66.7 Å². The maximum atomic E-state index is 13.9. The van der Waals surface area contributed by atoms with Gasteiger partial charge in [-0.15, -0.1) is 0 Å². The Balaban J connectivity index is 1.55. The van der Waals surface area contributed by atoms with E-state index in [9.17, 15) is 23.1 Å². The number of hydrogen-bond acceptors (Lipinski definition) is 8. The lowest BCUT2D eigenvalue weighted by molar-refractivity contribution is -0.137. The zero-order chi connectivity index (χ0) is 34.4. The number of nitrogens with zero attached hydrogens (tertiary/aromatic N) is 3. The summed E-state index contributed by atoms with van der Waals surface area (Å²) in [7, 11) is 3.89. The molecule has 1 aliphatic rings. The number of rotatable bonds is 16. The minimum atomic E-state index is -4.45. The summed E-state index contributed by atoms with van der Waals surface area (Å²) in [6.07, 6.45) is -3.29. The van der Waals surface area contributed by atoms with Gasteiger partial charge in [-0.05, 0) is 73.0 Å². The average Bonchev–Trinajstić information content (AvgIpc) is 3.72. The Bertz CT molecular complexity index is 1470. The van der Waals surface area contributed by atoms with E-state index in [0.29, 0.717) is 45.6 Å². The molecule has 1 saturated carbocycles. The Labute approximate surface area is 280 Å². The Morgan fingerprint density at radius 3 is 2.40 bits per heavy atom. The van der Waals surface area contributed by atoms with Gasteiger partial charge >= 0.3 is 6.18 Å². The molecule has 1 aliphatic carbocycles. The highest BCUT2D eigenvalue weighted by molar-refractivity contribution is 8.01. The smallest absolute Gasteiger partial charge is 0.416 e. The minimum absolute atomic E-state index is 0.0325. The lowest BCUT2D eigenvalue weighted by atomic mass is 9.96. The fourth-order valence-electron chi connectivity index (χ4n) is 5.21. The van der Waals surface area contributed by atoms with Crippen LogP contribution in [0.4, 0.5) is 24.8 Å². The Morgan fingerprint density at radius 1 is 1.09 bits per heavy atom. The summed E-state index contributed by atoms with van der Waals surface area (Å²) >= 11 is 1.60. The third-order valence-corrected chi connectivity index (χ3v) is 9.13. The number of amides is 1. The fraction of sp³-hybridized carbons (Fsp3) is 0.486. The lowest BCUT2D eigenvalue weighted by Crippen LogP contribution is -2.58. The molecule has 12 heteroatoms. The first kappa shape index (κ1) is 36.4. The van der Waals surface area contributed by atoms with Gasteiger partial charge in [-0.3, -0.25) is 4.79 Å². The van der Waals surface area contributed by atoms with Crippen molar-refractivity contribution in [1.29, 1.82) is 0 Å². The van der Waals surface area contributed by atoms with E-state index in [1.165, 1.54) is 12.5 Å². The summed E-state index contributed by atoms with van der Waals surface area (Å²) in [5.74, 6) is 2.71. The molecule has 1 heterocycles. The van der Waals surface area contributed by atoms with Crippen molar-refractivity contribution in [3.63, 3.8) is 0 Å². The molecular weight excluding hydrogens is 627 g/mol. The van der Waals surface area contributed by atoms with Gasteiger partial charge in [0, 0.05) is 44.5 Å². The molecule has 0 radical (unpaired) electrons. The van der Waals surface area contributed by atoms with Crippen LogP contribution in [0.25, 0.3) is 0 Å². The standard InChI is InChI=1S/C35H46F3N5O3S/c1-23(2)47-43(6)32-18-26(17-31(41-32)42(5)20-27-15-24(27)3)33(44)40-30(21-46-29-13-8-7-9-14-29)34(4,45)22-39-19-25-11-10-12-28(16-25)35(36,37)38/h7-14,16-18,23-24,27,30,39,45H,15,19-22H2,1-6H3,(H,40,44)/t24-,27+,30-,34?/m0/s1. The quantitative estimate of drug-likeness (QED) is 0.151. The van der Waals surface area contributed by atoms with Crippen molar-refractivity contribution in [1.82, 2.24) is 15.6 Å². The molecule has 3 aromatic rings. The first-order valence-electron chi connectivity index (χ1n) is 15.8. The number of para-hydroxylation sites is 1. The van der Waals surface area contributed by atoms with E-state index >= 15 is 0 Å². The molecule has 1 unspecified atom stereocenters. The predicted octanol–water partition coefficient (Wildman–Crippen LogP) is 6.40. The van der Waals surface area contributed by atoms with E-state index in [0.717, 1.165) is 18.7 Å². The monoisotopic (exact) mass is 673 g/mol. The maximum Gasteiger partial charge on any atom is 0.416 e. The Morgan fingerprint density at radius 2 is 1.77 bits per heavy atom. The van der Waals surface area contributed by atoms with Crippen molar-refractivity contribution in [2.75, 3.05) is 43.0 Å². The third-order valence-electron chi connectivity index (χ3n) is 8.21. The molecule has 4 atom stereocenters. The third kappa shape index (κ3) is 10.8. The molecule has 1 aromatic heterocycles. The van der Waals surface area contributed by atoms with Crippen LogP contribution in [0.5, 0.6) is 5.75 Å². The number of halogens is 3. The second kappa shape index (κ2) is 15.6. The van der Waals surface area contributed by atoms with Crippen molar-refractivity contribution >= 4 is 29.5 Å². The zero-order valence-electron chi connectivity index (χ0n) is 27.8. The number of aromatic nitrogens is 1. The van der Waals surface area contributed by atoms with Gasteiger partial charge in [0.25, 0.3) is 5.91 Å².